The largest absolute Gasteiger partial charge is 0.495 e. The van der Waals surface area contributed by atoms with Crippen LogP contribution < -0.4 is 20.3 Å². The smallest absolute Gasteiger partial charge is 0.313 e. The van der Waals surface area contributed by atoms with Gasteiger partial charge in [-0.05, 0) is 74.2 Å². The number of hydrogen-bond donors (Lipinski definition) is 2. The minimum atomic E-state index is -0.747. The van der Waals surface area contributed by atoms with E-state index in [2.05, 4.69) is 45.7 Å². The number of carbonyl (C=O) groups excluding carboxylic acids is 2. The van der Waals surface area contributed by atoms with Crippen LogP contribution in [0.2, 0.25) is 5.02 Å². The number of anilines is 2. The van der Waals surface area contributed by atoms with Crippen molar-refractivity contribution in [3.63, 3.8) is 0 Å². The first-order chi connectivity index (χ1) is 16.0. The predicted molar refractivity (Wildman–Crippen MR) is 131 cm³/mol. The molecule has 0 aromatic heterocycles. The van der Waals surface area contributed by atoms with E-state index < -0.39 is 11.8 Å². The van der Waals surface area contributed by atoms with Gasteiger partial charge in [0.25, 0.3) is 0 Å². The van der Waals surface area contributed by atoms with Crippen molar-refractivity contribution in [2.75, 3.05) is 50.6 Å². The molecule has 2 heterocycles. The Kier molecular flexibility index (Phi) is 7.40. The van der Waals surface area contributed by atoms with Crippen molar-refractivity contribution in [1.29, 1.82) is 0 Å². The minimum Gasteiger partial charge on any atom is -0.495 e. The third kappa shape index (κ3) is 5.42. The van der Waals surface area contributed by atoms with E-state index in [9.17, 15) is 9.59 Å². The topological polar surface area (TPSA) is 73.9 Å². The van der Waals surface area contributed by atoms with Crippen LogP contribution in [0.5, 0.6) is 5.75 Å². The summed E-state index contributed by atoms with van der Waals surface area (Å²) in [6, 6.07) is 11.5. The van der Waals surface area contributed by atoms with Crippen LogP contribution in [-0.4, -0.2) is 57.1 Å². The second kappa shape index (κ2) is 10.4. The molecule has 4 rings (SSSR count). The van der Waals surface area contributed by atoms with E-state index in [1.54, 1.807) is 18.2 Å². The van der Waals surface area contributed by atoms with Gasteiger partial charge < -0.3 is 20.3 Å². The lowest BCUT2D eigenvalue weighted by Crippen LogP contribution is -2.41. The van der Waals surface area contributed by atoms with E-state index in [4.69, 9.17) is 16.3 Å². The van der Waals surface area contributed by atoms with Crippen molar-refractivity contribution in [2.45, 2.75) is 31.7 Å². The number of carbonyl (C=O) groups is 2. The Morgan fingerprint density at radius 1 is 1.06 bits per heavy atom. The Balaban J connectivity index is 1.46. The van der Waals surface area contributed by atoms with E-state index in [1.165, 1.54) is 23.9 Å². The van der Waals surface area contributed by atoms with Crippen molar-refractivity contribution in [2.24, 2.45) is 0 Å². The highest BCUT2D eigenvalue weighted by atomic mass is 35.5. The number of hydrogen-bond acceptors (Lipinski definition) is 5. The van der Waals surface area contributed by atoms with Gasteiger partial charge in [0.15, 0.2) is 0 Å². The van der Waals surface area contributed by atoms with Crippen LogP contribution in [0.1, 0.15) is 36.4 Å². The third-order valence-corrected chi connectivity index (χ3v) is 6.73. The molecule has 2 amide bonds. The Hall–Kier alpha value is -2.77. The van der Waals surface area contributed by atoms with Crippen LogP contribution in [0.3, 0.4) is 0 Å². The molecule has 0 radical (unpaired) electrons. The second-order valence-electron chi connectivity index (χ2n) is 8.68. The summed E-state index contributed by atoms with van der Waals surface area (Å²) in [5.41, 5.74) is 4.18. The monoisotopic (exact) mass is 470 g/mol. The van der Waals surface area contributed by atoms with Gasteiger partial charge in [0.1, 0.15) is 5.75 Å². The second-order valence-corrected chi connectivity index (χ2v) is 9.12. The van der Waals surface area contributed by atoms with E-state index in [1.807, 2.05) is 0 Å². The van der Waals surface area contributed by atoms with Gasteiger partial charge in [-0.25, -0.2) is 0 Å². The lowest BCUT2D eigenvalue weighted by atomic mass is 9.96. The Bertz CT molecular complexity index is 1020. The number of nitrogens with one attached hydrogen (secondary N) is 2. The molecule has 2 aromatic rings. The van der Waals surface area contributed by atoms with Crippen LogP contribution in [0, 0.1) is 0 Å². The van der Waals surface area contributed by atoms with Gasteiger partial charge in [0.05, 0.1) is 18.8 Å². The molecule has 33 heavy (non-hydrogen) atoms. The molecule has 2 N–H and O–H groups in total. The zero-order chi connectivity index (χ0) is 23.4. The number of amides is 2. The number of likely N-dealkylation sites (tertiary alicyclic amines) is 1. The van der Waals surface area contributed by atoms with Gasteiger partial charge in [-0.15, -0.1) is 0 Å². The van der Waals surface area contributed by atoms with Gasteiger partial charge in [-0.3, -0.25) is 14.5 Å². The van der Waals surface area contributed by atoms with E-state index >= 15 is 0 Å². The van der Waals surface area contributed by atoms with E-state index in [0.717, 1.165) is 45.3 Å². The summed E-state index contributed by atoms with van der Waals surface area (Å²) in [5.74, 6) is -0.990. The highest BCUT2D eigenvalue weighted by Crippen LogP contribution is 2.32. The zero-order valence-corrected chi connectivity index (χ0v) is 20.0. The quantitative estimate of drug-likeness (QED) is 0.631. The number of ether oxygens (including phenoxy) is 1. The normalized spacial score (nSPS) is 16.8. The molecule has 0 bridgehead atoms. The number of nitrogens with zero attached hydrogens (tertiary/aromatic N) is 2. The lowest BCUT2D eigenvalue weighted by Gasteiger charge is -2.31. The van der Waals surface area contributed by atoms with Crippen LogP contribution in [0.25, 0.3) is 0 Å². The Morgan fingerprint density at radius 2 is 1.85 bits per heavy atom. The fourth-order valence-electron chi connectivity index (χ4n) is 4.75. The summed E-state index contributed by atoms with van der Waals surface area (Å²) in [4.78, 5) is 29.9. The molecule has 176 valence electrons. The molecule has 7 nitrogen and oxygen atoms in total. The summed E-state index contributed by atoms with van der Waals surface area (Å²) in [6.07, 6.45) is 4.50. The fraction of sp³-hybridized carbons (Fsp3) is 0.440. The molecule has 1 atom stereocenters. The zero-order valence-electron chi connectivity index (χ0n) is 19.2. The number of fused-ring (bicyclic) bond motifs is 1. The van der Waals surface area contributed by atoms with Crippen LogP contribution >= 0.6 is 11.6 Å². The van der Waals surface area contributed by atoms with Crippen molar-refractivity contribution in [1.82, 2.24) is 10.2 Å². The van der Waals surface area contributed by atoms with Gasteiger partial charge in [-0.2, -0.15) is 0 Å². The lowest BCUT2D eigenvalue weighted by molar-refractivity contribution is -0.136. The van der Waals surface area contributed by atoms with Crippen molar-refractivity contribution < 1.29 is 14.3 Å². The van der Waals surface area contributed by atoms with Gasteiger partial charge in [0, 0.05) is 30.8 Å². The molecule has 0 aliphatic carbocycles. The number of rotatable bonds is 6. The molecular weight excluding hydrogens is 440 g/mol. The fourth-order valence-corrected chi connectivity index (χ4v) is 4.92. The van der Waals surface area contributed by atoms with Gasteiger partial charge in [-0.1, -0.05) is 23.7 Å². The summed E-state index contributed by atoms with van der Waals surface area (Å²) < 4.78 is 5.24. The average molecular weight is 471 g/mol. The summed E-state index contributed by atoms with van der Waals surface area (Å²) in [6.45, 7) is 3.42. The van der Waals surface area contributed by atoms with E-state index in [0.29, 0.717) is 23.0 Å². The number of benzene rings is 2. The molecule has 1 saturated heterocycles. The minimum absolute atomic E-state index is 0.0301. The Morgan fingerprint density at radius 3 is 2.61 bits per heavy atom. The number of aryl methyl sites for hydroxylation is 1. The molecular formula is C25H31ClN4O3. The maximum Gasteiger partial charge on any atom is 0.313 e. The van der Waals surface area contributed by atoms with Gasteiger partial charge in [0.2, 0.25) is 0 Å². The maximum absolute atomic E-state index is 12.6. The molecule has 0 spiro atoms. The van der Waals surface area contributed by atoms with Crippen molar-refractivity contribution in [3.05, 3.63) is 52.5 Å². The highest BCUT2D eigenvalue weighted by molar-refractivity contribution is 6.40. The molecule has 2 aromatic carbocycles. The highest BCUT2D eigenvalue weighted by Gasteiger charge is 2.27. The maximum atomic E-state index is 12.6. The summed E-state index contributed by atoms with van der Waals surface area (Å²) >= 11 is 6.02. The predicted octanol–water partition coefficient (Wildman–Crippen LogP) is 3.62. The molecule has 1 unspecified atom stereocenters. The first kappa shape index (κ1) is 23.4. The summed E-state index contributed by atoms with van der Waals surface area (Å²) in [5, 5.41) is 5.89. The van der Waals surface area contributed by atoms with Crippen LogP contribution in [0.15, 0.2) is 36.4 Å². The first-order valence-electron chi connectivity index (χ1n) is 11.5. The Labute approximate surface area is 200 Å². The van der Waals surface area contributed by atoms with Crippen LogP contribution in [0.4, 0.5) is 11.4 Å². The molecule has 2 aliphatic heterocycles. The number of methoxy groups -OCH3 is 1. The van der Waals surface area contributed by atoms with E-state index in [-0.39, 0.29) is 6.04 Å². The number of halogens is 1. The molecule has 2 aliphatic rings. The van der Waals surface area contributed by atoms with Crippen molar-refractivity contribution >= 4 is 34.8 Å². The van der Waals surface area contributed by atoms with Crippen LogP contribution in [-0.2, 0) is 16.0 Å². The molecule has 8 heteroatoms. The standard InChI is InChI=1S/C25H31ClN4O3/c1-29-11-5-6-17-14-18(7-9-21(17)29)22(30-12-3-4-13-30)16-27-24(31)25(32)28-20-15-19(26)8-10-23(20)33-2/h7-10,14-15,22H,3-6,11-13,16H2,1-2H3,(H,27,31)(H,28,32). The third-order valence-electron chi connectivity index (χ3n) is 6.49. The average Bonchev–Trinajstić information content (AvgIpc) is 3.34. The van der Waals surface area contributed by atoms with Crippen molar-refractivity contribution in [3.8, 4) is 5.75 Å². The SMILES string of the molecule is COc1ccc(Cl)cc1NC(=O)C(=O)NCC(c1ccc2c(c1)CCCN2C)N1CCCC1. The summed E-state index contributed by atoms with van der Waals surface area (Å²) in [7, 11) is 3.62. The molecule has 1 fully saturated rings. The first-order valence-corrected chi connectivity index (χ1v) is 11.8. The van der Waals surface area contributed by atoms with Gasteiger partial charge >= 0.3 is 11.8 Å². The molecule has 0 saturated carbocycles.